The van der Waals surface area contributed by atoms with Gasteiger partial charge >= 0.3 is 0 Å². The number of aromatic nitrogens is 3. The second kappa shape index (κ2) is 7.65. The molecule has 1 aromatic carbocycles. The number of aliphatic hydroxyl groups excluding tert-OH is 1. The highest BCUT2D eigenvalue weighted by atomic mass is 16.3. The van der Waals surface area contributed by atoms with E-state index in [2.05, 4.69) is 15.5 Å². The fourth-order valence-electron chi connectivity index (χ4n) is 3.13. The van der Waals surface area contributed by atoms with Crippen LogP contribution in [0.15, 0.2) is 24.3 Å². The molecule has 2 aromatic rings. The average molecular weight is 343 g/mol. The molecule has 0 bridgehead atoms. The highest BCUT2D eigenvalue weighted by Gasteiger charge is 2.23. The van der Waals surface area contributed by atoms with E-state index < -0.39 is 6.10 Å². The summed E-state index contributed by atoms with van der Waals surface area (Å²) in [5.41, 5.74) is 1.50. The Kier molecular flexibility index (Phi) is 5.33. The molecule has 1 aliphatic rings. The van der Waals surface area contributed by atoms with E-state index in [1.807, 2.05) is 42.8 Å². The first-order valence-corrected chi connectivity index (χ1v) is 8.77. The van der Waals surface area contributed by atoms with Crippen molar-refractivity contribution in [3.05, 3.63) is 41.5 Å². The standard InChI is InChI=1S/C18H25N5O2/c1-3-16-20-21-17(22(16)2)11-19-14-7-4-6-13(10-14)18(25)23-9-5-8-15(24)12-23/h4,6-7,10,15,19,24H,3,5,8-9,11-12H2,1-2H3. The van der Waals surface area contributed by atoms with Gasteiger partial charge in [0, 0.05) is 37.8 Å². The summed E-state index contributed by atoms with van der Waals surface area (Å²) in [6.07, 6.45) is 2.04. The van der Waals surface area contributed by atoms with Crippen molar-refractivity contribution in [2.45, 2.75) is 38.8 Å². The van der Waals surface area contributed by atoms with Gasteiger partial charge in [-0.2, -0.15) is 0 Å². The molecule has 7 heteroatoms. The average Bonchev–Trinajstić information content (AvgIpc) is 2.99. The molecule has 1 fully saturated rings. The Morgan fingerprint density at radius 1 is 1.36 bits per heavy atom. The molecule has 2 N–H and O–H groups in total. The molecule has 0 radical (unpaired) electrons. The molecule has 3 rings (SSSR count). The number of rotatable bonds is 5. The maximum absolute atomic E-state index is 12.6. The third kappa shape index (κ3) is 3.99. The lowest BCUT2D eigenvalue weighted by atomic mass is 10.1. The number of piperidine rings is 1. The molecular formula is C18H25N5O2. The van der Waals surface area contributed by atoms with Gasteiger partial charge in [-0.3, -0.25) is 4.79 Å². The van der Waals surface area contributed by atoms with Gasteiger partial charge < -0.3 is 19.9 Å². The van der Waals surface area contributed by atoms with Crippen molar-refractivity contribution in [3.63, 3.8) is 0 Å². The number of aliphatic hydroxyl groups is 1. The fraction of sp³-hybridized carbons (Fsp3) is 0.500. The second-order valence-corrected chi connectivity index (χ2v) is 6.43. The monoisotopic (exact) mass is 343 g/mol. The van der Waals surface area contributed by atoms with Crippen molar-refractivity contribution < 1.29 is 9.90 Å². The van der Waals surface area contributed by atoms with Crippen LogP contribution in [0.5, 0.6) is 0 Å². The first-order valence-electron chi connectivity index (χ1n) is 8.77. The third-order valence-corrected chi connectivity index (χ3v) is 4.62. The lowest BCUT2D eigenvalue weighted by Gasteiger charge is -2.30. The van der Waals surface area contributed by atoms with Gasteiger partial charge in [0.25, 0.3) is 5.91 Å². The molecule has 0 spiro atoms. The molecule has 0 aliphatic carbocycles. The number of carbonyl (C=O) groups is 1. The largest absolute Gasteiger partial charge is 0.391 e. The van der Waals surface area contributed by atoms with Gasteiger partial charge in [-0.1, -0.05) is 13.0 Å². The Hall–Kier alpha value is -2.41. The van der Waals surface area contributed by atoms with E-state index in [4.69, 9.17) is 0 Å². The fourth-order valence-corrected chi connectivity index (χ4v) is 3.13. The van der Waals surface area contributed by atoms with Crippen LogP contribution in [0.25, 0.3) is 0 Å². The minimum absolute atomic E-state index is 0.0330. The summed E-state index contributed by atoms with van der Waals surface area (Å²) in [5.74, 6) is 1.77. The lowest BCUT2D eigenvalue weighted by molar-refractivity contribution is 0.0474. The molecule has 1 amide bonds. The second-order valence-electron chi connectivity index (χ2n) is 6.43. The number of β-amino-alcohol motifs (C(OH)–C–C–N with tert-alkyl or cyclic N) is 1. The number of aryl methyl sites for hydroxylation is 1. The smallest absolute Gasteiger partial charge is 0.254 e. The van der Waals surface area contributed by atoms with E-state index in [-0.39, 0.29) is 5.91 Å². The molecule has 0 saturated carbocycles. The molecule has 1 aliphatic heterocycles. The van der Waals surface area contributed by atoms with E-state index in [0.717, 1.165) is 36.6 Å². The van der Waals surface area contributed by atoms with Crippen LogP contribution in [0.2, 0.25) is 0 Å². The summed E-state index contributed by atoms with van der Waals surface area (Å²) in [6, 6.07) is 7.45. The van der Waals surface area contributed by atoms with Crippen molar-refractivity contribution >= 4 is 11.6 Å². The maximum Gasteiger partial charge on any atom is 0.254 e. The Morgan fingerprint density at radius 3 is 2.88 bits per heavy atom. The van der Waals surface area contributed by atoms with Gasteiger partial charge in [-0.05, 0) is 31.0 Å². The van der Waals surface area contributed by atoms with Crippen LogP contribution in [-0.4, -0.2) is 49.9 Å². The van der Waals surface area contributed by atoms with Gasteiger partial charge in [-0.25, -0.2) is 0 Å². The Bertz CT molecular complexity index is 743. The minimum Gasteiger partial charge on any atom is -0.391 e. The van der Waals surface area contributed by atoms with Crippen molar-refractivity contribution in [1.82, 2.24) is 19.7 Å². The normalized spacial score (nSPS) is 17.6. The van der Waals surface area contributed by atoms with Crippen molar-refractivity contribution in [3.8, 4) is 0 Å². The number of nitrogens with one attached hydrogen (secondary N) is 1. The first-order chi connectivity index (χ1) is 12.1. The molecule has 134 valence electrons. The molecule has 1 aromatic heterocycles. The van der Waals surface area contributed by atoms with Gasteiger partial charge in [-0.15, -0.1) is 10.2 Å². The molecule has 1 unspecified atom stereocenters. The van der Waals surface area contributed by atoms with Gasteiger partial charge in [0.15, 0.2) is 5.82 Å². The zero-order valence-corrected chi connectivity index (χ0v) is 14.8. The van der Waals surface area contributed by atoms with E-state index in [1.54, 1.807) is 4.90 Å². The van der Waals surface area contributed by atoms with Crippen molar-refractivity contribution in [2.75, 3.05) is 18.4 Å². The predicted octanol–water partition coefficient (Wildman–Crippen LogP) is 1.59. The number of carbonyl (C=O) groups excluding carboxylic acids is 1. The minimum atomic E-state index is -0.414. The summed E-state index contributed by atoms with van der Waals surface area (Å²) >= 11 is 0. The number of hydrogen-bond acceptors (Lipinski definition) is 5. The number of anilines is 1. The highest BCUT2D eigenvalue weighted by molar-refractivity contribution is 5.95. The van der Waals surface area contributed by atoms with Crippen molar-refractivity contribution in [2.24, 2.45) is 7.05 Å². The molecule has 7 nitrogen and oxygen atoms in total. The van der Waals surface area contributed by atoms with Crippen LogP contribution in [-0.2, 0) is 20.0 Å². The van der Waals surface area contributed by atoms with Crippen LogP contribution >= 0.6 is 0 Å². The SMILES string of the molecule is CCc1nnc(CNc2cccc(C(=O)N3CCCC(O)C3)c2)n1C. The summed E-state index contributed by atoms with van der Waals surface area (Å²) in [5, 5.41) is 21.4. The summed E-state index contributed by atoms with van der Waals surface area (Å²) in [4.78, 5) is 14.4. The molecular weight excluding hydrogens is 318 g/mol. The van der Waals surface area contributed by atoms with Crippen LogP contribution in [0, 0.1) is 0 Å². The Labute approximate surface area is 147 Å². The first kappa shape index (κ1) is 17.4. The van der Waals surface area contributed by atoms with Crippen molar-refractivity contribution in [1.29, 1.82) is 0 Å². The number of likely N-dealkylation sites (tertiary alicyclic amines) is 1. The van der Waals surface area contributed by atoms with Crippen LogP contribution < -0.4 is 5.32 Å². The lowest BCUT2D eigenvalue weighted by Crippen LogP contribution is -2.42. The number of nitrogens with zero attached hydrogens (tertiary/aromatic N) is 4. The van der Waals surface area contributed by atoms with Gasteiger partial charge in [0.2, 0.25) is 0 Å². The highest BCUT2D eigenvalue weighted by Crippen LogP contribution is 2.17. The summed E-state index contributed by atoms with van der Waals surface area (Å²) in [7, 11) is 1.96. The van der Waals surface area contributed by atoms with E-state index in [1.165, 1.54) is 0 Å². The summed E-state index contributed by atoms with van der Waals surface area (Å²) in [6.45, 7) is 3.71. The maximum atomic E-state index is 12.6. The van der Waals surface area contributed by atoms with Crippen LogP contribution in [0.3, 0.4) is 0 Å². The topological polar surface area (TPSA) is 83.3 Å². The number of benzene rings is 1. The Balaban J connectivity index is 1.66. The van der Waals surface area contributed by atoms with E-state index in [9.17, 15) is 9.90 Å². The molecule has 1 atom stereocenters. The van der Waals surface area contributed by atoms with Crippen LogP contribution in [0.1, 0.15) is 41.8 Å². The molecule has 25 heavy (non-hydrogen) atoms. The zero-order chi connectivity index (χ0) is 17.8. The molecule has 2 heterocycles. The summed E-state index contributed by atoms with van der Waals surface area (Å²) < 4.78 is 1.98. The van der Waals surface area contributed by atoms with Gasteiger partial charge in [0.05, 0.1) is 12.6 Å². The Morgan fingerprint density at radius 2 is 2.16 bits per heavy atom. The molecule has 1 saturated heterocycles. The van der Waals surface area contributed by atoms with E-state index in [0.29, 0.717) is 25.2 Å². The predicted molar refractivity (Wildman–Crippen MR) is 95.3 cm³/mol. The zero-order valence-electron chi connectivity index (χ0n) is 14.8. The third-order valence-electron chi connectivity index (χ3n) is 4.62. The number of amides is 1. The number of hydrogen-bond donors (Lipinski definition) is 2. The van der Waals surface area contributed by atoms with Gasteiger partial charge in [0.1, 0.15) is 5.82 Å². The van der Waals surface area contributed by atoms with E-state index >= 15 is 0 Å². The van der Waals surface area contributed by atoms with Crippen LogP contribution in [0.4, 0.5) is 5.69 Å². The quantitative estimate of drug-likeness (QED) is 0.861.